The van der Waals surface area contributed by atoms with Crippen molar-refractivity contribution in [3.05, 3.63) is 64.1 Å². The van der Waals surface area contributed by atoms with Crippen molar-refractivity contribution >= 4 is 27.7 Å². The third-order valence-electron chi connectivity index (χ3n) is 5.73. The number of carbonyl (C=O) groups is 1. The highest BCUT2D eigenvalue weighted by atomic mass is 32.2. The van der Waals surface area contributed by atoms with Crippen LogP contribution in [-0.2, 0) is 14.8 Å². The molecule has 1 aromatic carbocycles. The predicted molar refractivity (Wildman–Crippen MR) is 113 cm³/mol. The van der Waals surface area contributed by atoms with Crippen LogP contribution in [0.4, 0.5) is 5.69 Å². The molecule has 2 aliphatic rings. The Bertz CT molecular complexity index is 1130. The predicted octanol–water partition coefficient (Wildman–Crippen LogP) is 2.86. The molecule has 1 aliphatic carbocycles. The minimum absolute atomic E-state index is 0.120. The Morgan fingerprint density at radius 3 is 2.55 bits per heavy atom. The summed E-state index contributed by atoms with van der Waals surface area (Å²) in [4.78, 5) is 24.2. The van der Waals surface area contributed by atoms with E-state index in [4.69, 9.17) is 4.42 Å². The molecular weight excluding hydrogens is 422 g/mol. The summed E-state index contributed by atoms with van der Waals surface area (Å²) in [5.74, 6) is 2.46. The molecule has 0 spiro atoms. The summed E-state index contributed by atoms with van der Waals surface area (Å²) in [6, 6.07) is 8.76. The number of hydrogen-bond donors (Lipinski definition) is 0. The van der Waals surface area contributed by atoms with E-state index in [1.807, 2.05) is 12.1 Å². The van der Waals surface area contributed by atoms with Gasteiger partial charge >= 0.3 is 0 Å². The zero-order valence-corrected chi connectivity index (χ0v) is 17.8. The van der Waals surface area contributed by atoms with Crippen molar-refractivity contribution in [1.82, 2.24) is 9.21 Å². The summed E-state index contributed by atoms with van der Waals surface area (Å²) in [5, 5.41) is 10.9. The van der Waals surface area contributed by atoms with Crippen LogP contribution in [0.2, 0.25) is 0 Å². The zero-order valence-electron chi connectivity index (χ0n) is 17.0. The number of rotatable bonds is 6. The number of nitro benzene ring substituents is 1. The molecule has 1 aromatic heterocycles. The van der Waals surface area contributed by atoms with Crippen molar-refractivity contribution in [3.63, 3.8) is 0 Å². The van der Waals surface area contributed by atoms with Gasteiger partial charge in [0.15, 0.2) is 0 Å². The van der Waals surface area contributed by atoms with E-state index in [-0.39, 0.29) is 42.7 Å². The van der Waals surface area contributed by atoms with Gasteiger partial charge in [-0.15, -0.1) is 0 Å². The van der Waals surface area contributed by atoms with Crippen LogP contribution in [0.5, 0.6) is 0 Å². The van der Waals surface area contributed by atoms with Gasteiger partial charge < -0.3 is 9.32 Å². The van der Waals surface area contributed by atoms with Gasteiger partial charge in [-0.05, 0) is 36.6 Å². The number of benzene rings is 1. The monoisotopic (exact) mass is 445 g/mol. The summed E-state index contributed by atoms with van der Waals surface area (Å²) < 4.78 is 32.6. The van der Waals surface area contributed by atoms with E-state index in [2.05, 4.69) is 6.92 Å². The maximum atomic E-state index is 12.8. The summed E-state index contributed by atoms with van der Waals surface area (Å²) >= 11 is 0. The summed E-state index contributed by atoms with van der Waals surface area (Å²) in [7, 11) is -3.87. The van der Waals surface area contributed by atoms with E-state index in [1.165, 1.54) is 28.6 Å². The highest BCUT2D eigenvalue weighted by Gasteiger charge is 2.36. The minimum Gasteiger partial charge on any atom is -0.461 e. The Morgan fingerprint density at radius 2 is 1.90 bits per heavy atom. The van der Waals surface area contributed by atoms with E-state index < -0.39 is 14.9 Å². The van der Waals surface area contributed by atoms with E-state index in [0.29, 0.717) is 17.6 Å². The minimum atomic E-state index is -3.87. The quantitative estimate of drug-likeness (QED) is 0.384. The number of nitrogens with zero attached hydrogens (tertiary/aromatic N) is 3. The number of nitro groups is 1. The Balaban J connectivity index is 1.35. The molecule has 4 rings (SSSR count). The maximum absolute atomic E-state index is 12.8. The van der Waals surface area contributed by atoms with Gasteiger partial charge in [0.2, 0.25) is 15.9 Å². The molecule has 1 aliphatic heterocycles. The van der Waals surface area contributed by atoms with E-state index in [1.54, 1.807) is 11.0 Å². The van der Waals surface area contributed by atoms with E-state index in [0.717, 1.165) is 18.2 Å². The molecule has 2 fully saturated rings. The Morgan fingerprint density at radius 1 is 1.19 bits per heavy atom. The van der Waals surface area contributed by atoms with Gasteiger partial charge in [0.1, 0.15) is 11.5 Å². The molecule has 1 saturated carbocycles. The highest BCUT2D eigenvalue weighted by molar-refractivity contribution is 7.89. The van der Waals surface area contributed by atoms with E-state index in [9.17, 15) is 23.3 Å². The first-order valence-electron chi connectivity index (χ1n) is 10.1. The summed E-state index contributed by atoms with van der Waals surface area (Å²) in [6.07, 6.45) is 4.19. The van der Waals surface area contributed by atoms with Gasteiger partial charge in [-0.3, -0.25) is 14.9 Å². The van der Waals surface area contributed by atoms with Crippen LogP contribution < -0.4 is 0 Å². The van der Waals surface area contributed by atoms with Crippen LogP contribution in [0.15, 0.2) is 51.8 Å². The number of amides is 1. The first kappa shape index (κ1) is 21.3. The highest BCUT2D eigenvalue weighted by Crippen LogP contribution is 2.47. The van der Waals surface area contributed by atoms with Gasteiger partial charge in [-0.1, -0.05) is 13.0 Å². The first-order chi connectivity index (χ1) is 14.8. The van der Waals surface area contributed by atoms with Crippen LogP contribution in [-0.4, -0.2) is 54.6 Å². The molecule has 2 heterocycles. The Labute approximate surface area is 180 Å². The molecule has 2 unspecified atom stereocenters. The van der Waals surface area contributed by atoms with Crippen molar-refractivity contribution in [1.29, 1.82) is 0 Å². The fraction of sp³-hybridized carbons (Fsp3) is 0.381. The molecule has 2 aromatic rings. The molecule has 1 amide bonds. The SMILES string of the molecule is CC1CC1c1ccc(/C=C/C(=O)N2CCN(S(=O)(=O)c3cccc([N+](=O)[O-])c3)CC2)o1. The van der Waals surface area contributed by atoms with Crippen LogP contribution in [0.1, 0.15) is 30.8 Å². The van der Waals surface area contributed by atoms with Crippen LogP contribution >= 0.6 is 0 Å². The molecule has 10 heteroatoms. The molecular formula is C21H23N3O6S. The zero-order chi connectivity index (χ0) is 22.2. The van der Waals surface area contributed by atoms with Gasteiger partial charge in [-0.2, -0.15) is 4.31 Å². The lowest BCUT2D eigenvalue weighted by atomic mass is 10.3. The average molecular weight is 445 g/mol. The Hall–Kier alpha value is -2.98. The molecule has 1 saturated heterocycles. The fourth-order valence-corrected chi connectivity index (χ4v) is 5.15. The van der Waals surface area contributed by atoms with Gasteiger partial charge in [0.05, 0.1) is 9.82 Å². The van der Waals surface area contributed by atoms with E-state index >= 15 is 0 Å². The number of furan rings is 1. The second-order valence-corrected chi connectivity index (χ2v) is 9.81. The van der Waals surface area contributed by atoms with Crippen LogP contribution in [0.25, 0.3) is 6.08 Å². The molecule has 0 bridgehead atoms. The second kappa shape index (κ2) is 8.27. The number of hydrogen-bond acceptors (Lipinski definition) is 6. The van der Waals surface area contributed by atoms with Crippen molar-refractivity contribution in [3.8, 4) is 0 Å². The third kappa shape index (κ3) is 4.54. The van der Waals surface area contributed by atoms with Crippen LogP contribution in [0, 0.1) is 16.0 Å². The average Bonchev–Trinajstić information content (AvgIpc) is 3.31. The second-order valence-electron chi connectivity index (χ2n) is 7.88. The number of piperazine rings is 1. The smallest absolute Gasteiger partial charge is 0.270 e. The number of sulfonamides is 1. The number of non-ortho nitro benzene ring substituents is 1. The first-order valence-corrected chi connectivity index (χ1v) is 11.5. The van der Waals surface area contributed by atoms with Crippen molar-refractivity contribution in [2.24, 2.45) is 5.92 Å². The molecule has 0 N–H and O–H groups in total. The summed E-state index contributed by atoms with van der Waals surface area (Å²) in [6.45, 7) is 2.88. The van der Waals surface area contributed by atoms with Gasteiger partial charge in [-0.25, -0.2) is 8.42 Å². The molecule has 0 radical (unpaired) electrons. The largest absolute Gasteiger partial charge is 0.461 e. The number of carbonyl (C=O) groups excluding carboxylic acids is 1. The topological polar surface area (TPSA) is 114 Å². The fourth-order valence-electron chi connectivity index (χ4n) is 3.69. The molecule has 31 heavy (non-hydrogen) atoms. The third-order valence-corrected chi connectivity index (χ3v) is 7.62. The lowest BCUT2D eigenvalue weighted by Crippen LogP contribution is -2.50. The summed E-state index contributed by atoms with van der Waals surface area (Å²) in [5.41, 5.74) is -0.280. The van der Waals surface area contributed by atoms with Gasteiger partial charge in [0.25, 0.3) is 5.69 Å². The lowest BCUT2D eigenvalue weighted by Gasteiger charge is -2.33. The Kier molecular flexibility index (Phi) is 5.67. The van der Waals surface area contributed by atoms with Crippen molar-refractivity contribution < 1.29 is 22.6 Å². The standard InChI is InChI=1S/C21H23N3O6S/c1-15-13-19(15)20-7-5-17(30-20)6-8-21(25)22-9-11-23(12-10-22)31(28,29)18-4-2-3-16(14-18)24(26)27/h2-8,14-15,19H,9-13H2,1H3/b8-6+. The molecule has 164 valence electrons. The van der Waals surface area contributed by atoms with Crippen LogP contribution in [0.3, 0.4) is 0 Å². The van der Waals surface area contributed by atoms with Gasteiger partial charge in [0, 0.05) is 50.3 Å². The molecule has 2 atom stereocenters. The maximum Gasteiger partial charge on any atom is 0.270 e. The normalized spacial score (nSPS) is 22.0. The molecule has 9 nitrogen and oxygen atoms in total. The lowest BCUT2D eigenvalue weighted by molar-refractivity contribution is -0.385. The van der Waals surface area contributed by atoms with Crippen molar-refractivity contribution in [2.45, 2.75) is 24.2 Å². The van der Waals surface area contributed by atoms with Crippen molar-refractivity contribution in [2.75, 3.05) is 26.2 Å².